The summed E-state index contributed by atoms with van der Waals surface area (Å²) in [6.45, 7) is 0. The molecule has 0 aliphatic carbocycles. The van der Waals surface area contributed by atoms with Crippen molar-refractivity contribution in [3.05, 3.63) is 200 Å². The molecule has 57 heavy (non-hydrogen) atoms. The molecule has 4 nitrogen and oxygen atoms in total. The zero-order valence-corrected chi connectivity index (χ0v) is 30.8. The van der Waals surface area contributed by atoms with E-state index in [-0.39, 0.29) is 0 Å². The van der Waals surface area contributed by atoms with Crippen LogP contribution in [0.4, 0.5) is 0 Å². The normalized spacial score (nSPS) is 11.5. The van der Waals surface area contributed by atoms with E-state index in [1.165, 1.54) is 10.8 Å². The molecule has 0 N–H and O–H groups in total. The van der Waals surface area contributed by atoms with E-state index in [0.717, 1.165) is 82.8 Å². The SMILES string of the molecule is c1ccc(-c2cccc(-c3cc(-c4nc(-c5ccccc5)nc(-c5ccc(-c6ccc7ccccc7c6)cc5)n4)c4c(c3)oc3c5ccccc5ccc34)c2)cc1. The summed E-state index contributed by atoms with van der Waals surface area (Å²) in [4.78, 5) is 15.6. The first kappa shape index (κ1) is 32.7. The highest BCUT2D eigenvalue weighted by molar-refractivity contribution is 6.19. The van der Waals surface area contributed by atoms with Crippen molar-refractivity contribution in [1.82, 2.24) is 15.0 Å². The number of benzene rings is 9. The van der Waals surface area contributed by atoms with Gasteiger partial charge in [-0.05, 0) is 79.9 Å². The molecule has 0 amide bonds. The minimum atomic E-state index is 0.583. The van der Waals surface area contributed by atoms with Crippen molar-refractivity contribution in [3.8, 4) is 67.5 Å². The Bertz CT molecular complexity index is 3280. The molecule has 11 aromatic rings. The lowest BCUT2D eigenvalue weighted by Crippen LogP contribution is -2.00. The lowest BCUT2D eigenvalue weighted by atomic mass is 9.95. The van der Waals surface area contributed by atoms with Crippen molar-refractivity contribution in [2.75, 3.05) is 0 Å². The molecule has 2 heterocycles. The summed E-state index contributed by atoms with van der Waals surface area (Å²) in [6.07, 6.45) is 0. The van der Waals surface area contributed by atoms with Gasteiger partial charge in [-0.2, -0.15) is 0 Å². The zero-order valence-electron chi connectivity index (χ0n) is 30.8. The fourth-order valence-electron chi connectivity index (χ4n) is 8.01. The Kier molecular flexibility index (Phi) is 7.78. The topological polar surface area (TPSA) is 51.8 Å². The van der Waals surface area contributed by atoms with Gasteiger partial charge in [0, 0.05) is 32.8 Å². The molecule has 0 saturated carbocycles. The Labute approximate surface area is 329 Å². The van der Waals surface area contributed by atoms with Crippen LogP contribution in [0.2, 0.25) is 0 Å². The molecule has 4 heteroatoms. The van der Waals surface area contributed by atoms with E-state index in [4.69, 9.17) is 19.4 Å². The maximum absolute atomic E-state index is 6.85. The molecule has 266 valence electrons. The van der Waals surface area contributed by atoms with Crippen molar-refractivity contribution in [2.45, 2.75) is 0 Å². The van der Waals surface area contributed by atoms with E-state index in [1.807, 2.05) is 36.4 Å². The second-order valence-corrected chi connectivity index (χ2v) is 14.4. The lowest BCUT2D eigenvalue weighted by Gasteiger charge is -2.12. The summed E-state index contributed by atoms with van der Waals surface area (Å²) >= 11 is 0. The van der Waals surface area contributed by atoms with E-state index in [1.54, 1.807) is 0 Å². The van der Waals surface area contributed by atoms with Crippen molar-refractivity contribution >= 4 is 43.5 Å². The van der Waals surface area contributed by atoms with Crippen LogP contribution in [-0.4, -0.2) is 15.0 Å². The number of hydrogen-bond acceptors (Lipinski definition) is 4. The third-order valence-corrected chi connectivity index (χ3v) is 10.9. The summed E-state index contributed by atoms with van der Waals surface area (Å²) < 4.78 is 6.85. The lowest BCUT2D eigenvalue weighted by molar-refractivity contribution is 0.673. The first-order chi connectivity index (χ1) is 28.2. The Morgan fingerprint density at radius 1 is 0.298 bits per heavy atom. The van der Waals surface area contributed by atoms with Crippen molar-refractivity contribution in [3.63, 3.8) is 0 Å². The molecule has 0 atom stereocenters. The number of aromatic nitrogens is 3. The Morgan fingerprint density at radius 2 is 0.825 bits per heavy atom. The quantitative estimate of drug-likeness (QED) is 0.171. The summed E-state index contributed by atoms with van der Waals surface area (Å²) in [5.41, 5.74) is 11.0. The van der Waals surface area contributed by atoms with Crippen LogP contribution in [-0.2, 0) is 0 Å². The van der Waals surface area contributed by atoms with Gasteiger partial charge in [0.05, 0.1) is 0 Å². The minimum absolute atomic E-state index is 0.583. The predicted octanol–water partition coefficient (Wildman–Crippen LogP) is 14.1. The van der Waals surface area contributed by atoms with Crippen LogP contribution < -0.4 is 0 Å². The highest BCUT2D eigenvalue weighted by Gasteiger charge is 2.21. The van der Waals surface area contributed by atoms with E-state index in [2.05, 4.69) is 164 Å². The molecular weight excluding hydrogens is 695 g/mol. The van der Waals surface area contributed by atoms with Gasteiger partial charge in [-0.25, -0.2) is 15.0 Å². The van der Waals surface area contributed by atoms with Gasteiger partial charge < -0.3 is 4.42 Å². The molecule has 0 spiro atoms. The third-order valence-electron chi connectivity index (χ3n) is 10.9. The van der Waals surface area contributed by atoms with Crippen molar-refractivity contribution < 1.29 is 4.42 Å². The monoisotopic (exact) mass is 727 g/mol. The van der Waals surface area contributed by atoms with E-state index >= 15 is 0 Å². The molecule has 2 aromatic heterocycles. The molecule has 0 aliphatic heterocycles. The highest BCUT2D eigenvalue weighted by atomic mass is 16.3. The fourth-order valence-corrected chi connectivity index (χ4v) is 8.01. The predicted molar refractivity (Wildman–Crippen MR) is 235 cm³/mol. The van der Waals surface area contributed by atoms with E-state index in [0.29, 0.717) is 17.5 Å². The molecule has 9 aromatic carbocycles. The number of hydrogen-bond donors (Lipinski definition) is 0. The van der Waals surface area contributed by atoms with Crippen molar-refractivity contribution in [2.24, 2.45) is 0 Å². The average molecular weight is 728 g/mol. The molecule has 0 bridgehead atoms. The Morgan fingerprint density at radius 3 is 1.60 bits per heavy atom. The highest BCUT2D eigenvalue weighted by Crippen LogP contribution is 2.42. The maximum atomic E-state index is 6.85. The van der Waals surface area contributed by atoms with Crippen LogP contribution in [0.1, 0.15) is 0 Å². The zero-order chi connectivity index (χ0) is 37.7. The molecule has 0 unspecified atom stereocenters. The van der Waals surface area contributed by atoms with Crippen LogP contribution in [0.15, 0.2) is 205 Å². The van der Waals surface area contributed by atoms with Gasteiger partial charge in [-0.1, -0.05) is 170 Å². The first-order valence-electron chi connectivity index (χ1n) is 19.2. The van der Waals surface area contributed by atoms with Crippen LogP contribution in [0.3, 0.4) is 0 Å². The van der Waals surface area contributed by atoms with Gasteiger partial charge in [0.15, 0.2) is 17.5 Å². The van der Waals surface area contributed by atoms with Gasteiger partial charge in [0.2, 0.25) is 0 Å². The Balaban J connectivity index is 1.12. The minimum Gasteiger partial charge on any atom is -0.455 e. The number of fused-ring (bicyclic) bond motifs is 6. The average Bonchev–Trinajstić information content (AvgIpc) is 3.68. The number of rotatable bonds is 6. The molecule has 0 saturated heterocycles. The first-order valence-corrected chi connectivity index (χ1v) is 19.2. The van der Waals surface area contributed by atoms with Crippen LogP contribution in [0.25, 0.3) is 111 Å². The van der Waals surface area contributed by atoms with E-state index < -0.39 is 0 Å². The standard InChI is InChI=1S/C53H33N3O/c1-3-12-34(13-4-1)41-19-11-20-42(30-41)44-32-47(49-46-29-28-37-15-9-10-21-45(37)50(46)57-48(49)33-44)53-55-51(38-16-5-2-6-17-38)54-52(56-53)39-25-22-36(23-26-39)43-27-24-35-14-7-8-18-40(35)31-43/h1-33H. The summed E-state index contributed by atoms with van der Waals surface area (Å²) in [6, 6.07) is 69.9. The maximum Gasteiger partial charge on any atom is 0.164 e. The van der Waals surface area contributed by atoms with Crippen molar-refractivity contribution in [1.29, 1.82) is 0 Å². The summed E-state index contributed by atoms with van der Waals surface area (Å²) in [5, 5.41) is 6.63. The van der Waals surface area contributed by atoms with Gasteiger partial charge in [-0.15, -0.1) is 0 Å². The van der Waals surface area contributed by atoms with Gasteiger partial charge in [0.1, 0.15) is 11.2 Å². The van der Waals surface area contributed by atoms with Gasteiger partial charge in [-0.3, -0.25) is 0 Å². The summed E-state index contributed by atoms with van der Waals surface area (Å²) in [7, 11) is 0. The fraction of sp³-hybridized carbons (Fsp3) is 0. The second kappa shape index (κ2) is 13.6. The van der Waals surface area contributed by atoms with Crippen LogP contribution in [0.5, 0.6) is 0 Å². The second-order valence-electron chi connectivity index (χ2n) is 14.4. The Hall–Kier alpha value is -7.69. The largest absolute Gasteiger partial charge is 0.455 e. The molecule has 0 radical (unpaired) electrons. The van der Waals surface area contributed by atoms with Crippen LogP contribution in [0, 0.1) is 0 Å². The molecular formula is C53H33N3O. The van der Waals surface area contributed by atoms with Gasteiger partial charge in [0.25, 0.3) is 0 Å². The molecule has 0 fully saturated rings. The molecule has 0 aliphatic rings. The number of nitrogens with zero attached hydrogens (tertiary/aromatic N) is 3. The third kappa shape index (κ3) is 5.92. The van der Waals surface area contributed by atoms with Gasteiger partial charge >= 0.3 is 0 Å². The number of furan rings is 1. The summed E-state index contributed by atoms with van der Waals surface area (Å²) in [5.74, 6) is 1.79. The smallest absolute Gasteiger partial charge is 0.164 e. The molecule has 11 rings (SSSR count). The van der Waals surface area contributed by atoms with Crippen LogP contribution >= 0.6 is 0 Å². The van der Waals surface area contributed by atoms with E-state index in [9.17, 15) is 0 Å².